The smallest absolute Gasteiger partial charge is 0.261 e. The summed E-state index contributed by atoms with van der Waals surface area (Å²) < 4.78 is 90.5. The molecule has 3 N–H and O–H groups in total. The van der Waals surface area contributed by atoms with Crippen LogP contribution in [0.25, 0.3) is 0 Å². The number of nitrogens with zero attached hydrogens (tertiary/aromatic N) is 1. The molecule has 0 bridgehead atoms. The molecule has 2 aliphatic rings. The van der Waals surface area contributed by atoms with Gasteiger partial charge >= 0.3 is 0 Å². The Kier molecular flexibility index (Phi) is 11.2. The molecule has 14 heteroatoms. The molecule has 4 rings (SSSR count). The molecule has 0 aromatic heterocycles. The van der Waals surface area contributed by atoms with Gasteiger partial charge in [-0.3, -0.25) is 14.0 Å². The summed E-state index contributed by atoms with van der Waals surface area (Å²) >= 11 is 0. The maximum atomic E-state index is 13.4. The van der Waals surface area contributed by atoms with Gasteiger partial charge in [-0.25, -0.2) is 8.78 Å². The lowest BCUT2D eigenvalue weighted by molar-refractivity contribution is -0.0618. The number of piperazine rings is 1. The van der Waals surface area contributed by atoms with E-state index in [1.165, 1.54) is 12.1 Å². The number of hydrogen-bond donors (Lipinski definition) is 3. The number of rotatable bonds is 4. The molecule has 36 heavy (non-hydrogen) atoms. The fraction of sp³-hybridized carbons (Fsp3) is 0.455. The highest BCUT2D eigenvalue weighted by atomic mass is 32.2. The zero-order valence-electron chi connectivity index (χ0n) is 19.8. The van der Waals surface area contributed by atoms with Crippen LogP contribution in [0.3, 0.4) is 0 Å². The number of halogens is 2. The van der Waals surface area contributed by atoms with Crippen LogP contribution < -0.4 is 10.1 Å². The van der Waals surface area contributed by atoms with Gasteiger partial charge in [0.1, 0.15) is 30.1 Å². The summed E-state index contributed by atoms with van der Waals surface area (Å²) in [7, 11) is -7.33. The Morgan fingerprint density at radius 1 is 1.00 bits per heavy atom. The van der Waals surface area contributed by atoms with Crippen molar-refractivity contribution in [3.63, 3.8) is 0 Å². The number of nitrogens with one attached hydrogen (secondary N) is 1. The summed E-state index contributed by atoms with van der Waals surface area (Å²) in [5.41, 5.74) is 1.59. The van der Waals surface area contributed by atoms with Crippen LogP contribution in [-0.2, 0) is 31.6 Å². The number of benzene rings is 2. The lowest BCUT2D eigenvalue weighted by Gasteiger charge is -2.42. The van der Waals surface area contributed by atoms with E-state index in [2.05, 4.69) is 16.3 Å². The van der Waals surface area contributed by atoms with Gasteiger partial charge in [-0.15, -0.1) is 0 Å². The van der Waals surface area contributed by atoms with Crippen LogP contribution in [0.5, 0.6) is 5.75 Å². The molecule has 2 heterocycles. The molecule has 0 saturated carbocycles. The van der Waals surface area contributed by atoms with Crippen molar-refractivity contribution < 1.29 is 44.2 Å². The summed E-state index contributed by atoms with van der Waals surface area (Å²) in [4.78, 5) is 2.40. The largest absolute Gasteiger partial charge is 0.490 e. The monoisotopic (exact) mass is 552 g/mol. The Labute approximate surface area is 209 Å². The van der Waals surface area contributed by atoms with E-state index < -0.39 is 31.9 Å². The standard InChI is InChI=1S/C20H22F2N2O2.2CH4O3S/c21-15-9-14(10-16(22)11-15)12-25-19-13-26-18-4-2-1-3-17(18)20(19)24-7-5-23-6-8-24;2*1-5(2,3)4/h1-4,9-11,19-20,23H,5-8,12-13H2;2*1H3,(H,2,3,4)/t19-,20-;;/m0../s1. The van der Waals surface area contributed by atoms with Crippen LogP contribution in [0.4, 0.5) is 8.78 Å². The summed E-state index contributed by atoms with van der Waals surface area (Å²) in [5.74, 6) is -0.298. The lowest BCUT2D eigenvalue weighted by atomic mass is 9.95. The van der Waals surface area contributed by atoms with Gasteiger partial charge in [-0.1, -0.05) is 18.2 Å². The van der Waals surface area contributed by atoms with E-state index in [9.17, 15) is 25.6 Å². The third kappa shape index (κ3) is 11.7. The van der Waals surface area contributed by atoms with E-state index in [-0.39, 0.29) is 18.8 Å². The van der Waals surface area contributed by atoms with Crippen LogP contribution in [-0.4, -0.2) is 82.2 Å². The van der Waals surface area contributed by atoms with Gasteiger partial charge < -0.3 is 14.8 Å². The molecule has 2 aromatic carbocycles. The van der Waals surface area contributed by atoms with E-state index in [1.54, 1.807) is 0 Å². The second kappa shape index (κ2) is 13.4. The molecule has 2 atom stereocenters. The van der Waals surface area contributed by atoms with E-state index in [0.29, 0.717) is 24.7 Å². The minimum Gasteiger partial charge on any atom is -0.490 e. The zero-order valence-corrected chi connectivity index (χ0v) is 21.4. The minimum absolute atomic E-state index is 0.0699. The van der Waals surface area contributed by atoms with Gasteiger partial charge in [0.15, 0.2) is 0 Å². The van der Waals surface area contributed by atoms with Crippen LogP contribution >= 0.6 is 0 Å². The van der Waals surface area contributed by atoms with Crippen molar-refractivity contribution >= 4 is 20.2 Å². The van der Waals surface area contributed by atoms with Crippen molar-refractivity contribution in [2.24, 2.45) is 0 Å². The Balaban J connectivity index is 0.000000389. The topological polar surface area (TPSA) is 142 Å². The summed E-state index contributed by atoms with van der Waals surface area (Å²) in [5, 5.41) is 3.37. The van der Waals surface area contributed by atoms with Gasteiger partial charge in [0.05, 0.1) is 25.2 Å². The molecule has 1 saturated heterocycles. The molecule has 0 radical (unpaired) electrons. The Morgan fingerprint density at radius 2 is 1.53 bits per heavy atom. The van der Waals surface area contributed by atoms with Gasteiger partial charge in [0.2, 0.25) is 0 Å². The molecular formula is C22H30F2N2O8S2. The van der Waals surface area contributed by atoms with Crippen LogP contribution in [0.2, 0.25) is 0 Å². The first-order valence-electron chi connectivity index (χ1n) is 10.8. The first kappa shape index (κ1) is 30.0. The minimum atomic E-state index is -3.67. The third-order valence-electron chi connectivity index (χ3n) is 4.92. The maximum absolute atomic E-state index is 13.4. The van der Waals surface area contributed by atoms with E-state index in [0.717, 1.165) is 43.6 Å². The first-order valence-corrected chi connectivity index (χ1v) is 14.5. The van der Waals surface area contributed by atoms with Crippen molar-refractivity contribution in [3.05, 3.63) is 65.2 Å². The summed E-state index contributed by atoms with van der Waals surface area (Å²) in [6, 6.07) is 11.6. The molecule has 1 fully saturated rings. The van der Waals surface area contributed by atoms with E-state index in [1.807, 2.05) is 18.2 Å². The second-order valence-electron chi connectivity index (χ2n) is 8.17. The number of hydrogen-bond acceptors (Lipinski definition) is 8. The van der Waals surface area contributed by atoms with E-state index in [4.69, 9.17) is 18.6 Å². The van der Waals surface area contributed by atoms with Crippen molar-refractivity contribution in [1.82, 2.24) is 10.2 Å². The normalized spacial score (nSPS) is 20.1. The quantitative estimate of drug-likeness (QED) is 0.482. The van der Waals surface area contributed by atoms with Gasteiger partial charge in [-0.2, -0.15) is 16.8 Å². The Hall–Kier alpha value is -2.20. The number of para-hydroxylation sites is 1. The highest BCUT2D eigenvalue weighted by Gasteiger charge is 2.36. The predicted octanol–water partition coefficient (Wildman–Crippen LogP) is 1.90. The van der Waals surface area contributed by atoms with Crippen molar-refractivity contribution in [2.75, 3.05) is 45.3 Å². The first-order chi connectivity index (χ1) is 16.7. The third-order valence-corrected chi connectivity index (χ3v) is 4.92. The van der Waals surface area contributed by atoms with Gasteiger partial charge in [0.25, 0.3) is 20.2 Å². The fourth-order valence-electron chi connectivity index (χ4n) is 3.75. The molecule has 2 aromatic rings. The number of ether oxygens (including phenoxy) is 2. The summed E-state index contributed by atoms with van der Waals surface area (Å²) in [6.45, 7) is 4.28. The second-order valence-corrected chi connectivity index (χ2v) is 11.1. The Bertz CT molecular complexity index is 1140. The molecule has 0 unspecified atom stereocenters. The zero-order chi connectivity index (χ0) is 26.9. The average molecular weight is 553 g/mol. The lowest BCUT2D eigenvalue weighted by Crippen LogP contribution is -2.51. The van der Waals surface area contributed by atoms with Crippen LogP contribution in [0.15, 0.2) is 42.5 Å². The van der Waals surface area contributed by atoms with Gasteiger partial charge in [0, 0.05) is 37.8 Å². The molecule has 0 amide bonds. The molecule has 0 aliphatic carbocycles. The maximum Gasteiger partial charge on any atom is 0.261 e. The fourth-order valence-corrected chi connectivity index (χ4v) is 3.75. The van der Waals surface area contributed by atoms with Gasteiger partial charge in [-0.05, 0) is 23.8 Å². The number of fused-ring (bicyclic) bond motifs is 1. The highest BCUT2D eigenvalue weighted by molar-refractivity contribution is 7.85. The van der Waals surface area contributed by atoms with Crippen molar-refractivity contribution in [1.29, 1.82) is 0 Å². The highest BCUT2D eigenvalue weighted by Crippen LogP contribution is 2.37. The van der Waals surface area contributed by atoms with Crippen molar-refractivity contribution in [3.8, 4) is 5.75 Å². The van der Waals surface area contributed by atoms with Crippen molar-refractivity contribution in [2.45, 2.75) is 18.8 Å². The average Bonchev–Trinajstić information content (AvgIpc) is 2.75. The predicted molar refractivity (Wildman–Crippen MR) is 129 cm³/mol. The van der Waals surface area contributed by atoms with Crippen LogP contribution in [0, 0.1) is 11.6 Å². The molecule has 202 valence electrons. The Morgan fingerprint density at radius 3 is 2.08 bits per heavy atom. The van der Waals surface area contributed by atoms with Crippen LogP contribution in [0.1, 0.15) is 17.2 Å². The molecule has 0 spiro atoms. The SMILES string of the molecule is CS(=O)(=O)O.CS(=O)(=O)O.Fc1cc(F)cc(CO[C@H]2COc3ccccc3[C@@H]2N2CCNCC2)c1. The molecule has 2 aliphatic heterocycles. The summed E-state index contributed by atoms with van der Waals surface area (Å²) in [6.07, 6.45) is 1.23. The molecular weight excluding hydrogens is 522 g/mol. The molecule has 10 nitrogen and oxygen atoms in total. The van der Waals surface area contributed by atoms with E-state index >= 15 is 0 Å².